The number of benzene rings is 1. The van der Waals surface area contributed by atoms with Gasteiger partial charge in [0.2, 0.25) is 5.91 Å². The molecule has 0 heterocycles. The highest BCUT2D eigenvalue weighted by molar-refractivity contribution is 5.77. The Morgan fingerprint density at radius 3 is 2.57 bits per heavy atom. The van der Waals surface area contributed by atoms with Gasteiger partial charge in [0.1, 0.15) is 0 Å². The number of amides is 1. The third-order valence-electron chi connectivity index (χ3n) is 3.16. The molecule has 116 valence electrons. The normalized spacial score (nSPS) is 12.0. The largest absolute Gasteiger partial charge is 0.481 e. The highest BCUT2D eigenvalue weighted by Crippen LogP contribution is 2.10. The zero-order valence-corrected chi connectivity index (χ0v) is 11.9. The van der Waals surface area contributed by atoms with Crippen molar-refractivity contribution in [2.75, 3.05) is 6.54 Å². The average molecular weight is 299 g/mol. The van der Waals surface area contributed by atoms with E-state index in [9.17, 15) is 18.4 Å². The maximum absolute atomic E-state index is 13.0. The van der Waals surface area contributed by atoms with Gasteiger partial charge in [-0.25, -0.2) is 8.78 Å². The predicted molar refractivity (Wildman–Crippen MR) is 73.7 cm³/mol. The second-order valence-electron chi connectivity index (χ2n) is 4.88. The molecule has 0 aliphatic carbocycles. The smallest absolute Gasteiger partial charge is 0.308 e. The summed E-state index contributed by atoms with van der Waals surface area (Å²) in [6.07, 6.45) is 1.60. The Morgan fingerprint density at radius 1 is 1.29 bits per heavy atom. The lowest BCUT2D eigenvalue weighted by Gasteiger charge is -2.12. The van der Waals surface area contributed by atoms with E-state index in [-0.39, 0.29) is 25.3 Å². The molecular formula is C15H19F2NO3. The van der Waals surface area contributed by atoms with E-state index in [1.165, 1.54) is 6.07 Å². The first kappa shape index (κ1) is 17.1. The highest BCUT2D eigenvalue weighted by atomic mass is 19.2. The van der Waals surface area contributed by atoms with Crippen LogP contribution in [0.3, 0.4) is 0 Å². The lowest BCUT2D eigenvalue weighted by atomic mass is 10.0. The summed E-state index contributed by atoms with van der Waals surface area (Å²) in [5, 5.41) is 11.5. The molecule has 1 rings (SSSR count). The van der Waals surface area contributed by atoms with Crippen LogP contribution in [0.15, 0.2) is 18.2 Å². The van der Waals surface area contributed by atoms with Gasteiger partial charge >= 0.3 is 5.97 Å². The number of hydrogen-bond donors (Lipinski definition) is 2. The summed E-state index contributed by atoms with van der Waals surface area (Å²) in [6, 6.07) is 3.49. The quantitative estimate of drug-likeness (QED) is 0.775. The molecule has 2 N–H and O–H groups in total. The maximum atomic E-state index is 13.0. The fraction of sp³-hybridized carbons (Fsp3) is 0.467. The predicted octanol–water partition coefficient (Wildman–Crippen LogP) is 2.51. The molecule has 1 unspecified atom stereocenters. The number of carbonyl (C=O) groups excluding carboxylic acids is 1. The van der Waals surface area contributed by atoms with E-state index in [2.05, 4.69) is 5.32 Å². The molecule has 0 aliphatic heterocycles. The first-order chi connectivity index (χ1) is 9.93. The second kappa shape index (κ2) is 8.34. The zero-order valence-electron chi connectivity index (χ0n) is 11.9. The molecule has 0 spiro atoms. The van der Waals surface area contributed by atoms with Crippen LogP contribution in [0.4, 0.5) is 8.78 Å². The summed E-state index contributed by atoms with van der Waals surface area (Å²) in [5.41, 5.74) is 0.521. The zero-order chi connectivity index (χ0) is 15.8. The molecule has 0 radical (unpaired) electrons. The van der Waals surface area contributed by atoms with E-state index in [4.69, 9.17) is 5.11 Å². The maximum Gasteiger partial charge on any atom is 0.308 e. The summed E-state index contributed by atoms with van der Waals surface area (Å²) in [6.45, 7) is 1.96. The SMILES string of the molecule is CCCC(CNC(=O)CCc1ccc(F)c(F)c1)C(=O)O. The van der Waals surface area contributed by atoms with Gasteiger partial charge < -0.3 is 10.4 Å². The van der Waals surface area contributed by atoms with Crippen molar-refractivity contribution in [3.05, 3.63) is 35.4 Å². The molecule has 0 fully saturated rings. The average Bonchev–Trinajstić information content (AvgIpc) is 2.44. The molecule has 0 saturated heterocycles. The van der Waals surface area contributed by atoms with Crippen LogP contribution in [-0.2, 0) is 16.0 Å². The van der Waals surface area contributed by atoms with Crippen LogP contribution >= 0.6 is 0 Å². The standard InChI is InChI=1S/C15H19F2NO3/c1-2-3-11(15(20)21)9-18-14(19)7-5-10-4-6-12(16)13(17)8-10/h4,6,8,11H,2-3,5,7,9H2,1H3,(H,18,19)(H,20,21). The minimum Gasteiger partial charge on any atom is -0.481 e. The Kier molecular flexibility index (Phi) is 6.78. The first-order valence-corrected chi connectivity index (χ1v) is 6.87. The van der Waals surface area contributed by atoms with Crippen LogP contribution < -0.4 is 5.32 Å². The fourth-order valence-electron chi connectivity index (χ4n) is 1.94. The number of hydrogen-bond acceptors (Lipinski definition) is 2. The van der Waals surface area contributed by atoms with Gasteiger partial charge in [-0.15, -0.1) is 0 Å². The molecule has 0 bridgehead atoms. The van der Waals surface area contributed by atoms with Crippen molar-refractivity contribution < 1.29 is 23.5 Å². The molecule has 21 heavy (non-hydrogen) atoms. The molecule has 1 aromatic rings. The number of carboxylic acid groups (broad SMARTS) is 1. The molecule has 1 amide bonds. The number of aryl methyl sites for hydroxylation is 1. The minimum atomic E-state index is -0.943. The summed E-state index contributed by atoms with van der Waals surface area (Å²) >= 11 is 0. The van der Waals surface area contributed by atoms with Gasteiger partial charge in [0.15, 0.2) is 11.6 Å². The van der Waals surface area contributed by atoms with Gasteiger partial charge in [-0.2, -0.15) is 0 Å². The third-order valence-corrected chi connectivity index (χ3v) is 3.16. The Labute approximate surface area is 122 Å². The number of aliphatic carboxylic acids is 1. The molecule has 0 aromatic heterocycles. The van der Waals surface area contributed by atoms with Gasteiger partial charge in [0.05, 0.1) is 5.92 Å². The minimum absolute atomic E-state index is 0.0831. The second-order valence-corrected chi connectivity index (χ2v) is 4.88. The van der Waals surface area contributed by atoms with Crippen LogP contribution in [0.2, 0.25) is 0 Å². The van der Waals surface area contributed by atoms with Crippen molar-refractivity contribution in [2.24, 2.45) is 5.92 Å². The molecule has 0 saturated carbocycles. The molecule has 1 aromatic carbocycles. The van der Waals surface area contributed by atoms with Crippen molar-refractivity contribution in [2.45, 2.75) is 32.6 Å². The lowest BCUT2D eigenvalue weighted by molar-refractivity contribution is -0.141. The molecule has 4 nitrogen and oxygen atoms in total. The summed E-state index contributed by atoms with van der Waals surface area (Å²) in [4.78, 5) is 22.5. The van der Waals surface area contributed by atoms with Crippen molar-refractivity contribution >= 4 is 11.9 Å². The van der Waals surface area contributed by atoms with Crippen molar-refractivity contribution in [3.8, 4) is 0 Å². The first-order valence-electron chi connectivity index (χ1n) is 6.87. The van der Waals surface area contributed by atoms with Gasteiger partial charge in [0, 0.05) is 13.0 Å². The number of carbonyl (C=O) groups is 2. The Balaban J connectivity index is 2.39. The summed E-state index contributed by atoms with van der Waals surface area (Å²) < 4.78 is 25.7. The molecular weight excluding hydrogens is 280 g/mol. The monoisotopic (exact) mass is 299 g/mol. The van der Waals surface area contributed by atoms with Gasteiger partial charge in [-0.05, 0) is 30.5 Å². The Hall–Kier alpha value is -1.98. The Morgan fingerprint density at radius 2 is 2.00 bits per heavy atom. The third kappa shape index (κ3) is 5.89. The van der Waals surface area contributed by atoms with Crippen molar-refractivity contribution in [3.63, 3.8) is 0 Å². The van der Waals surface area contributed by atoms with Crippen LogP contribution in [0.1, 0.15) is 31.7 Å². The molecule has 0 aliphatic rings. The number of carboxylic acids is 1. The van der Waals surface area contributed by atoms with Crippen molar-refractivity contribution in [1.29, 1.82) is 0 Å². The van der Waals surface area contributed by atoms with Gasteiger partial charge in [-0.1, -0.05) is 19.4 Å². The molecule has 1 atom stereocenters. The van der Waals surface area contributed by atoms with E-state index in [1.807, 2.05) is 6.92 Å². The topological polar surface area (TPSA) is 66.4 Å². The Bertz CT molecular complexity index is 506. The van der Waals surface area contributed by atoms with E-state index in [0.29, 0.717) is 12.0 Å². The molecule has 6 heteroatoms. The lowest BCUT2D eigenvalue weighted by Crippen LogP contribution is -2.33. The number of nitrogens with one attached hydrogen (secondary N) is 1. The van der Waals surface area contributed by atoms with E-state index < -0.39 is 23.5 Å². The highest BCUT2D eigenvalue weighted by Gasteiger charge is 2.17. The van der Waals surface area contributed by atoms with Gasteiger partial charge in [-0.3, -0.25) is 9.59 Å². The summed E-state index contributed by atoms with van der Waals surface area (Å²) in [7, 11) is 0. The summed E-state index contributed by atoms with van der Waals surface area (Å²) in [5.74, 6) is -3.70. The van der Waals surface area contributed by atoms with Crippen LogP contribution in [0.5, 0.6) is 0 Å². The van der Waals surface area contributed by atoms with E-state index in [0.717, 1.165) is 18.6 Å². The van der Waals surface area contributed by atoms with Crippen LogP contribution in [0, 0.1) is 17.6 Å². The van der Waals surface area contributed by atoms with Crippen LogP contribution in [-0.4, -0.2) is 23.5 Å². The van der Waals surface area contributed by atoms with E-state index in [1.54, 1.807) is 0 Å². The van der Waals surface area contributed by atoms with Crippen molar-refractivity contribution in [1.82, 2.24) is 5.32 Å². The van der Waals surface area contributed by atoms with E-state index >= 15 is 0 Å². The number of rotatable bonds is 8. The number of halogens is 2. The van der Waals surface area contributed by atoms with Gasteiger partial charge in [0.25, 0.3) is 0 Å². The fourth-order valence-corrected chi connectivity index (χ4v) is 1.94. The van der Waals surface area contributed by atoms with Crippen LogP contribution in [0.25, 0.3) is 0 Å².